The number of hydrogen-bond acceptors (Lipinski definition) is 2. The van der Waals surface area contributed by atoms with Crippen molar-refractivity contribution in [3.63, 3.8) is 0 Å². The highest BCUT2D eigenvalue weighted by atomic mass is 19.4. The lowest BCUT2D eigenvalue weighted by Gasteiger charge is -2.40. The first-order valence-corrected chi connectivity index (χ1v) is 5.35. The van der Waals surface area contributed by atoms with Crippen LogP contribution in [-0.2, 0) is 0 Å². The molecule has 2 fully saturated rings. The van der Waals surface area contributed by atoms with Crippen LogP contribution in [0.3, 0.4) is 0 Å². The minimum atomic E-state index is -4.52. The Kier molecular flexibility index (Phi) is 2.32. The molecule has 0 aromatic carbocycles. The number of nitrogens with two attached hydrogens (primary N) is 1. The molecule has 2 saturated carbocycles. The summed E-state index contributed by atoms with van der Waals surface area (Å²) >= 11 is 0. The number of halogens is 3. The van der Waals surface area contributed by atoms with Crippen LogP contribution in [0.4, 0.5) is 13.2 Å². The molecule has 0 amide bonds. The van der Waals surface area contributed by atoms with Gasteiger partial charge in [0, 0.05) is 5.54 Å². The predicted molar refractivity (Wildman–Crippen MR) is 49.1 cm³/mol. The van der Waals surface area contributed by atoms with E-state index in [1.807, 2.05) is 0 Å². The smallest absolute Gasteiger partial charge is 0.380 e. The second-order valence-electron chi connectivity index (χ2n) is 5.06. The summed E-state index contributed by atoms with van der Waals surface area (Å²) in [5.41, 5.74) is 3.00. The largest absolute Gasteiger partial charge is 0.417 e. The number of rotatable bonds is 1. The minimum Gasteiger partial charge on any atom is -0.380 e. The molecule has 0 radical (unpaired) electrons. The van der Waals surface area contributed by atoms with E-state index in [0.29, 0.717) is 6.42 Å². The van der Waals surface area contributed by atoms with E-state index in [2.05, 4.69) is 0 Å². The van der Waals surface area contributed by atoms with Gasteiger partial charge in [0.2, 0.25) is 0 Å². The Hall–Kier alpha value is -0.290. The summed E-state index contributed by atoms with van der Waals surface area (Å²) in [5, 5.41) is 9.59. The van der Waals surface area contributed by atoms with E-state index in [1.54, 1.807) is 0 Å². The Morgan fingerprint density at radius 1 is 1.20 bits per heavy atom. The van der Waals surface area contributed by atoms with Gasteiger partial charge < -0.3 is 10.8 Å². The van der Waals surface area contributed by atoms with Crippen molar-refractivity contribution in [3.8, 4) is 0 Å². The van der Waals surface area contributed by atoms with Crippen LogP contribution in [0.15, 0.2) is 0 Å². The first kappa shape index (κ1) is 11.2. The summed E-state index contributed by atoms with van der Waals surface area (Å²) in [7, 11) is 0. The number of alkyl halides is 3. The fraction of sp³-hybridized carbons (Fsp3) is 1.00. The van der Waals surface area contributed by atoms with Crippen molar-refractivity contribution < 1.29 is 18.3 Å². The van der Waals surface area contributed by atoms with Gasteiger partial charge in [-0.3, -0.25) is 0 Å². The van der Waals surface area contributed by atoms with Crippen molar-refractivity contribution in [1.29, 1.82) is 0 Å². The molecular weight excluding hydrogens is 207 g/mol. The third-order valence-electron chi connectivity index (χ3n) is 3.90. The average Bonchev–Trinajstić information content (AvgIpc) is 2.83. The minimum absolute atomic E-state index is 0.169. The van der Waals surface area contributed by atoms with Crippen LogP contribution in [0, 0.1) is 5.92 Å². The molecule has 0 spiro atoms. The molecule has 5 heteroatoms. The van der Waals surface area contributed by atoms with Gasteiger partial charge >= 0.3 is 6.18 Å². The predicted octanol–water partition coefficient (Wildman–Crippen LogP) is 1.96. The van der Waals surface area contributed by atoms with Gasteiger partial charge in [0.25, 0.3) is 0 Å². The Bertz CT molecular complexity index is 262. The Labute approximate surface area is 86.6 Å². The van der Waals surface area contributed by atoms with E-state index in [4.69, 9.17) is 5.73 Å². The van der Waals surface area contributed by atoms with Crippen LogP contribution in [-0.4, -0.2) is 22.4 Å². The van der Waals surface area contributed by atoms with Gasteiger partial charge in [-0.1, -0.05) is 0 Å². The van der Waals surface area contributed by atoms with Crippen LogP contribution in [0.5, 0.6) is 0 Å². The fourth-order valence-electron chi connectivity index (χ4n) is 2.55. The van der Waals surface area contributed by atoms with Gasteiger partial charge in [0.15, 0.2) is 5.60 Å². The van der Waals surface area contributed by atoms with E-state index in [-0.39, 0.29) is 18.8 Å². The number of aliphatic hydroxyl groups is 1. The quantitative estimate of drug-likeness (QED) is 0.713. The van der Waals surface area contributed by atoms with Crippen molar-refractivity contribution in [2.45, 2.75) is 55.8 Å². The summed E-state index contributed by atoms with van der Waals surface area (Å²) < 4.78 is 37.8. The van der Waals surface area contributed by atoms with Gasteiger partial charge in [0.1, 0.15) is 0 Å². The zero-order chi connectivity index (χ0) is 11.3. The molecule has 2 aliphatic rings. The molecule has 2 nitrogen and oxygen atoms in total. The van der Waals surface area contributed by atoms with Crippen molar-refractivity contribution in [1.82, 2.24) is 0 Å². The molecule has 15 heavy (non-hydrogen) atoms. The molecular formula is C10H16F3NO. The third kappa shape index (κ3) is 1.87. The van der Waals surface area contributed by atoms with Gasteiger partial charge in [0.05, 0.1) is 0 Å². The molecule has 2 aliphatic carbocycles. The van der Waals surface area contributed by atoms with Crippen LogP contribution in [0.2, 0.25) is 0 Å². The Morgan fingerprint density at radius 2 is 1.80 bits per heavy atom. The van der Waals surface area contributed by atoms with Crippen molar-refractivity contribution in [2.75, 3.05) is 0 Å². The van der Waals surface area contributed by atoms with E-state index < -0.39 is 17.3 Å². The van der Waals surface area contributed by atoms with Crippen molar-refractivity contribution >= 4 is 0 Å². The highest BCUT2D eigenvalue weighted by Crippen LogP contribution is 2.51. The normalized spacial score (nSPS) is 40.2. The zero-order valence-electron chi connectivity index (χ0n) is 8.48. The zero-order valence-corrected chi connectivity index (χ0v) is 8.48. The molecule has 0 saturated heterocycles. The molecule has 88 valence electrons. The van der Waals surface area contributed by atoms with Crippen LogP contribution >= 0.6 is 0 Å². The van der Waals surface area contributed by atoms with E-state index in [9.17, 15) is 18.3 Å². The lowest BCUT2D eigenvalue weighted by molar-refractivity contribution is -0.275. The molecule has 3 N–H and O–H groups in total. The lowest BCUT2D eigenvalue weighted by atomic mass is 9.73. The number of hydrogen-bond donors (Lipinski definition) is 2. The fourth-order valence-corrected chi connectivity index (χ4v) is 2.55. The highest BCUT2D eigenvalue weighted by molar-refractivity contribution is 5.08. The summed E-state index contributed by atoms with van der Waals surface area (Å²) in [6, 6.07) is 0. The van der Waals surface area contributed by atoms with Gasteiger partial charge in [-0.2, -0.15) is 13.2 Å². The molecule has 2 unspecified atom stereocenters. The Balaban J connectivity index is 2.10. The lowest BCUT2D eigenvalue weighted by Crippen LogP contribution is -2.51. The standard InChI is InChI=1S/C10H16F3NO/c11-10(12,13)9(15)3-1-2-7(6-9)8(14)4-5-8/h7,15H,1-6,14H2. The molecule has 0 bridgehead atoms. The van der Waals surface area contributed by atoms with Gasteiger partial charge in [-0.05, 0) is 44.4 Å². The molecule has 0 aromatic heterocycles. The van der Waals surface area contributed by atoms with Crippen molar-refractivity contribution in [2.24, 2.45) is 11.7 Å². The molecule has 0 aliphatic heterocycles. The second kappa shape index (κ2) is 3.10. The molecule has 0 heterocycles. The molecule has 0 aromatic rings. The van der Waals surface area contributed by atoms with Crippen LogP contribution in [0.25, 0.3) is 0 Å². The van der Waals surface area contributed by atoms with E-state index in [0.717, 1.165) is 19.3 Å². The maximum Gasteiger partial charge on any atom is 0.417 e. The third-order valence-corrected chi connectivity index (χ3v) is 3.90. The SMILES string of the molecule is NC1(C2CCCC(O)(C(F)(F)F)C2)CC1. The first-order valence-electron chi connectivity index (χ1n) is 5.35. The average molecular weight is 223 g/mol. The second-order valence-corrected chi connectivity index (χ2v) is 5.06. The maximum atomic E-state index is 12.6. The molecule has 2 atom stereocenters. The Morgan fingerprint density at radius 3 is 2.27 bits per heavy atom. The van der Waals surface area contributed by atoms with Gasteiger partial charge in [-0.15, -0.1) is 0 Å². The highest BCUT2D eigenvalue weighted by Gasteiger charge is 2.59. The van der Waals surface area contributed by atoms with E-state index >= 15 is 0 Å². The maximum absolute atomic E-state index is 12.6. The van der Waals surface area contributed by atoms with Crippen LogP contribution < -0.4 is 5.73 Å². The first-order chi connectivity index (χ1) is 6.77. The molecule has 2 rings (SSSR count). The summed E-state index contributed by atoms with van der Waals surface area (Å²) in [5.74, 6) is -0.169. The van der Waals surface area contributed by atoms with Gasteiger partial charge in [-0.25, -0.2) is 0 Å². The van der Waals surface area contributed by atoms with Crippen LogP contribution in [0.1, 0.15) is 38.5 Å². The summed E-state index contributed by atoms with van der Waals surface area (Å²) in [4.78, 5) is 0. The summed E-state index contributed by atoms with van der Waals surface area (Å²) in [6.07, 6.45) is -2.18. The summed E-state index contributed by atoms with van der Waals surface area (Å²) in [6.45, 7) is 0. The topological polar surface area (TPSA) is 46.2 Å². The van der Waals surface area contributed by atoms with Crippen molar-refractivity contribution in [3.05, 3.63) is 0 Å². The van der Waals surface area contributed by atoms with E-state index in [1.165, 1.54) is 0 Å². The monoisotopic (exact) mass is 223 g/mol.